The van der Waals surface area contributed by atoms with Gasteiger partial charge < -0.3 is 9.88 Å². The smallest absolute Gasteiger partial charge is 0.252 e. The second-order valence-electron chi connectivity index (χ2n) is 4.44. The largest absolute Gasteiger partial charge is 0.352 e. The Bertz CT molecular complexity index is 592. The molecule has 100 valence electrons. The highest BCUT2D eigenvalue weighted by molar-refractivity contribution is 9.10. The molecule has 1 aromatic carbocycles. The molecule has 19 heavy (non-hydrogen) atoms. The average molecular weight is 322 g/mol. The van der Waals surface area contributed by atoms with Gasteiger partial charge in [0.2, 0.25) is 0 Å². The lowest BCUT2D eigenvalue weighted by molar-refractivity contribution is 0.0953. The number of amides is 1. The van der Waals surface area contributed by atoms with Gasteiger partial charge in [0.15, 0.2) is 0 Å². The molecule has 0 unspecified atom stereocenters. The summed E-state index contributed by atoms with van der Waals surface area (Å²) in [5, 5.41) is 2.90. The maximum atomic E-state index is 12.0. The third-order valence-electron chi connectivity index (χ3n) is 2.92. The van der Waals surface area contributed by atoms with E-state index in [1.165, 1.54) is 0 Å². The van der Waals surface area contributed by atoms with Gasteiger partial charge in [-0.05, 0) is 40.5 Å². The number of hydrogen-bond donors (Lipinski definition) is 1. The number of rotatable bonds is 4. The highest BCUT2D eigenvalue weighted by Gasteiger charge is 2.09. The fourth-order valence-electron chi connectivity index (χ4n) is 1.82. The molecule has 0 radical (unpaired) electrons. The topological polar surface area (TPSA) is 46.9 Å². The molecule has 0 aliphatic heterocycles. The predicted molar refractivity (Wildman–Crippen MR) is 78.1 cm³/mol. The second-order valence-corrected chi connectivity index (χ2v) is 5.30. The summed E-state index contributed by atoms with van der Waals surface area (Å²) >= 11 is 3.41. The van der Waals surface area contributed by atoms with Gasteiger partial charge in [-0.25, -0.2) is 4.98 Å². The molecular formula is C14H16BrN3O. The first kappa shape index (κ1) is 13.8. The highest BCUT2D eigenvalue weighted by atomic mass is 79.9. The van der Waals surface area contributed by atoms with Crippen molar-refractivity contribution in [2.24, 2.45) is 7.05 Å². The van der Waals surface area contributed by atoms with Crippen molar-refractivity contribution >= 4 is 21.8 Å². The highest BCUT2D eigenvalue weighted by Crippen LogP contribution is 2.18. The Morgan fingerprint density at radius 2 is 2.26 bits per heavy atom. The van der Waals surface area contributed by atoms with Crippen LogP contribution in [0.3, 0.4) is 0 Å². The minimum Gasteiger partial charge on any atom is -0.352 e. The van der Waals surface area contributed by atoms with Crippen LogP contribution in [0, 0.1) is 6.92 Å². The lowest BCUT2D eigenvalue weighted by Gasteiger charge is -2.07. The van der Waals surface area contributed by atoms with Gasteiger partial charge >= 0.3 is 0 Å². The molecule has 2 aromatic rings. The quantitative estimate of drug-likeness (QED) is 0.940. The summed E-state index contributed by atoms with van der Waals surface area (Å²) in [7, 11) is 1.95. The van der Waals surface area contributed by atoms with E-state index in [9.17, 15) is 4.79 Å². The minimum atomic E-state index is -0.0684. The number of halogens is 1. The van der Waals surface area contributed by atoms with Gasteiger partial charge in [0, 0.05) is 36.9 Å². The Hall–Kier alpha value is -1.62. The molecule has 0 bridgehead atoms. The average Bonchev–Trinajstić information content (AvgIpc) is 2.75. The van der Waals surface area contributed by atoms with Crippen molar-refractivity contribution in [2.75, 3.05) is 6.54 Å². The van der Waals surface area contributed by atoms with Crippen LogP contribution < -0.4 is 5.32 Å². The van der Waals surface area contributed by atoms with Crippen molar-refractivity contribution in [3.63, 3.8) is 0 Å². The van der Waals surface area contributed by atoms with Crippen molar-refractivity contribution in [3.8, 4) is 0 Å². The van der Waals surface area contributed by atoms with E-state index >= 15 is 0 Å². The van der Waals surface area contributed by atoms with Gasteiger partial charge in [0.25, 0.3) is 5.91 Å². The van der Waals surface area contributed by atoms with Gasteiger partial charge in [-0.2, -0.15) is 0 Å². The van der Waals surface area contributed by atoms with Crippen LogP contribution in [0.5, 0.6) is 0 Å². The van der Waals surface area contributed by atoms with E-state index in [0.29, 0.717) is 12.1 Å². The zero-order valence-corrected chi connectivity index (χ0v) is 12.6. The first-order chi connectivity index (χ1) is 9.08. The number of hydrogen-bond acceptors (Lipinski definition) is 2. The van der Waals surface area contributed by atoms with Crippen LogP contribution in [-0.4, -0.2) is 22.0 Å². The van der Waals surface area contributed by atoms with E-state index in [1.807, 2.05) is 42.9 Å². The predicted octanol–water partition coefficient (Wildman–Crippen LogP) is 2.46. The van der Waals surface area contributed by atoms with E-state index in [0.717, 1.165) is 22.3 Å². The number of nitrogens with zero attached hydrogens (tertiary/aromatic N) is 2. The maximum absolute atomic E-state index is 12.0. The van der Waals surface area contributed by atoms with Crippen LogP contribution in [0.4, 0.5) is 0 Å². The summed E-state index contributed by atoms with van der Waals surface area (Å²) in [6.07, 6.45) is 4.38. The molecule has 0 aliphatic carbocycles. The summed E-state index contributed by atoms with van der Waals surface area (Å²) in [6.45, 7) is 2.57. The third kappa shape index (κ3) is 3.44. The summed E-state index contributed by atoms with van der Waals surface area (Å²) in [5.41, 5.74) is 1.78. The standard InChI is InChI=1S/C14H16BrN3O/c1-10-3-4-11(12(15)9-10)14(19)17-6-5-13-16-7-8-18(13)2/h3-4,7-9H,5-6H2,1-2H3,(H,17,19). The molecule has 1 N–H and O–H groups in total. The number of benzene rings is 1. The van der Waals surface area contributed by atoms with Crippen LogP contribution in [-0.2, 0) is 13.5 Å². The van der Waals surface area contributed by atoms with E-state index in [2.05, 4.69) is 26.2 Å². The van der Waals surface area contributed by atoms with Crippen LogP contribution in [0.25, 0.3) is 0 Å². The van der Waals surface area contributed by atoms with Gasteiger partial charge in [-0.15, -0.1) is 0 Å². The molecule has 0 aliphatic rings. The summed E-state index contributed by atoms with van der Waals surface area (Å²) in [6, 6.07) is 5.70. The molecule has 0 atom stereocenters. The number of imidazole rings is 1. The first-order valence-corrected chi connectivity index (χ1v) is 6.88. The van der Waals surface area contributed by atoms with Gasteiger partial charge in [0.1, 0.15) is 5.82 Å². The lowest BCUT2D eigenvalue weighted by Crippen LogP contribution is -2.26. The lowest BCUT2D eigenvalue weighted by atomic mass is 10.1. The van der Waals surface area contributed by atoms with E-state index in [1.54, 1.807) is 6.20 Å². The summed E-state index contributed by atoms with van der Waals surface area (Å²) < 4.78 is 2.77. The fraction of sp³-hybridized carbons (Fsp3) is 0.286. The van der Waals surface area contributed by atoms with Gasteiger partial charge in [0.05, 0.1) is 5.56 Å². The normalized spacial score (nSPS) is 10.5. The Labute approximate surface area is 121 Å². The van der Waals surface area contributed by atoms with Crippen LogP contribution in [0.1, 0.15) is 21.7 Å². The van der Waals surface area contributed by atoms with E-state index in [-0.39, 0.29) is 5.91 Å². The molecule has 1 amide bonds. The van der Waals surface area contributed by atoms with E-state index in [4.69, 9.17) is 0 Å². The molecule has 5 heteroatoms. The van der Waals surface area contributed by atoms with Crippen molar-refractivity contribution in [3.05, 3.63) is 52.0 Å². The molecule has 0 saturated carbocycles. The van der Waals surface area contributed by atoms with Crippen molar-refractivity contribution in [1.29, 1.82) is 0 Å². The van der Waals surface area contributed by atoms with Crippen molar-refractivity contribution in [1.82, 2.24) is 14.9 Å². The van der Waals surface area contributed by atoms with Crippen molar-refractivity contribution < 1.29 is 4.79 Å². The summed E-state index contributed by atoms with van der Waals surface area (Å²) in [4.78, 5) is 16.2. The first-order valence-electron chi connectivity index (χ1n) is 6.08. The number of aryl methyl sites for hydroxylation is 2. The second kappa shape index (κ2) is 6.02. The zero-order chi connectivity index (χ0) is 13.8. The molecule has 0 spiro atoms. The number of nitrogens with one attached hydrogen (secondary N) is 1. The third-order valence-corrected chi connectivity index (χ3v) is 3.58. The Morgan fingerprint density at radius 1 is 1.47 bits per heavy atom. The van der Waals surface area contributed by atoms with Gasteiger partial charge in [-0.1, -0.05) is 6.07 Å². The minimum absolute atomic E-state index is 0.0684. The summed E-state index contributed by atoms with van der Waals surface area (Å²) in [5.74, 6) is 0.893. The number of carbonyl (C=O) groups is 1. The number of aromatic nitrogens is 2. The SMILES string of the molecule is Cc1ccc(C(=O)NCCc2nccn2C)c(Br)c1. The molecule has 2 rings (SSSR count). The Balaban J connectivity index is 1.93. The zero-order valence-electron chi connectivity index (χ0n) is 11.0. The molecule has 4 nitrogen and oxygen atoms in total. The molecule has 1 aromatic heterocycles. The molecule has 1 heterocycles. The Kier molecular flexibility index (Phi) is 4.37. The van der Waals surface area contributed by atoms with Gasteiger partial charge in [-0.3, -0.25) is 4.79 Å². The molecular weight excluding hydrogens is 306 g/mol. The maximum Gasteiger partial charge on any atom is 0.252 e. The Morgan fingerprint density at radius 3 is 2.89 bits per heavy atom. The van der Waals surface area contributed by atoms with Crippen LogP contribution in [0.2, 0.25) is 0 Å². The molecule has 0 saturated heterocycles. The monoisotopic (exact) mass is 321 g/mol. The number of carbonyl (C=O) groups excluding carboxylic acids is 1. The fourth-order valence-corrected chi connectivity index (χ4v) is 2.50. The van der Waals surface area contributed by atoms with Crippen molar-refractivity contribution in [2.45, 2.75) is 13.3 Å². The van der Waals surface area contributed by atoms with E-state index < -0.39 is 0 Å². The van der Waals surface area contributed by atoms with Crippen LogP contribution >= 0.6 is 15.9 Å². The molecule has 0 fully saturated rings. The van der Waals surface area contributed by atoms with Crippen LogP contribution in [0.15, 0.2) is 35.1 Å².